The molecule has 5 N–H and O–H groups in total. The lowest BCUT2D eigenvalue weighted by Crippen LogP contribution is -2.58. The first kappa shape index (κ1) is 39.1. The number of imidazole rings is 1. The molecule has 3 atom stereocenters. The fraction of sp³-hybridized carbons (Fsp3) is 0.317. The molecule has 13 heteroatoms. The van der Waals surface area contributed by atoms with E-state index in [1.54, 1.807) is 24.5 Å². The molecule has 54 heavy (non-hydrogen) atoms. The number of pyridine rings is 1. The molecule has 4 amide bonds. The second-order valence-corrected chi connectivity index (χ2v) is 13.6. The second-order valence-electron chi connectivity index (χ2n) is 13.6. The van der Waals surface area contributed by atoms with E-state index in [4.69, 9.17) is 4.74 Å². The highest BCUT2D eigenvalue weighted by atomic mass is 16.5. The minimum atomic E-state index is -1.21. The maximum absolute atomic E-state index is 14.2. The van der Waals surface area contributed by atoms with Gasteiger partial charge in [0.1, 0.15) is 18.7 Å². The third kappa shape index (κ3) is 12.0. The molecule has 0 aliphatic rings. The van der Waals surface area contributed by atoms with Crippen molar-refractivity contribution in [3.05, 3.63) is 132 Å². The van der Waals surface area contributed by atoms with Gasteiger partial charge >= 0.3 is 6.09 Å². The van der Waals surface area contributed by atoms with Crippen LogP contribution in [-0.2, 0) is 45.1 Å². The van der Waals surface area contributed by atoms with Crippen LogP contribution in [0.1, 0.15) is 55.5 Å². The molecule has 2 heterocycles. The molecule has 0 spiro atoms. The minimum absolute atomic E-state index is 0.00631. The van der Waals surface area contributed by atoms with Gasteiger partial charge in [-0.1, -0.05) is 86.6 Å². The van der Waals surface area contributed by atoms with Crippen LogP contribution in [0, 0.1) is 5.92 Å². The van der Waals surface area contributed by atoms with Crippen LogP contribution >= 0.6 is 0 Å². The molecule has 0 saturated carbocycles. The predicted molar refractivity (Wildman–Crippen MR) is 203 cm³/mol. The van der Waals surface area contributed by atoms with Crippen LogP contribution in [0.2, 0.25) is 0 Å². The maximum atomic E-state index is 14.2. The van der Waals surface area contributed by atoms with Crippen molar-refractivity contribution in [1.29, 1.82) is 0 Å². The van der Waals surface area contributed by atoms with E-state index in [0.29, 0.717) is 23.6 Å². The molecule has 0 bridgehead atoms. The summed E-state index contributed by atoms with van der Waals surface area (Å²) in [5.74, 6) is -1.48. The monoisotopic (exact) mass is 733 g/mol. The molecule has 0 aliphatic carbocycles. The largest absolute Gasteiger partial charge is 0.445 e. The number of carbonyl (C=O) groups excluding carboxylic acids is 4. The number of hydrogen-bond donors (Lipinski definition) is 5. The zero-order valence-corrected chi connectivity index (χ0v) is 30.5. The number of amides is 4. The number of ether oxygens (including phenoxy) is 1. The molecule has 5 aromatic rings. The van der Waals surface area contributed by atoms with Crippen LogP contribution < -0.4 is 16.1 Å². The fourth-order valence-electron chi connectivity index (χ4n) is 5.92. The SMILES string of the molecule is CC(C)CC[C@H](O)CC(=O)N(Cc1ccncc1)NC(=O)C(Cc1cnc[nH]1)NC(=O)[C@@H](Cc1cccc2ccccc12)NC(=O)OCc1ccccc1. The average Bonchev–Trinajstić information content (AvgIpc) is 3.69. The van der Waals surface area contributed by atoms with E-state index in [-0.39, 0.29) is 32.4 Å². The molecule has 282 valence electrons. The van der Waals surface area contributed by atoms with Crippen LogP contribution in [0.3, 0.4) is 0 Å². The van der Waals surface area contributed by atoms with Crippen molar-refractivity contribution in [2.75, 3.05) is 0 Å². The van der Waals surface area contributed by atoms with Crippen molar-refractivity contribution in [3.8, 4) is 0 Å². The van der Waals surface area contributed by atoms with E-state index in [1.807, 2.05) is 86.6 Å². The molecule has 0 aliphatic heterocycles. The predicted octanol–water partition coefficient (Wildman–Crippen LogP) is 4.77. The Balaban J connectivity index is 1.38. The summed E-state index contributed by atoms with van der Waals surface area (Å²) in [5, 5.41) is 19.2. The lowest BCUT2D eigenvalue weighted by Gasteiger charge is -2.28. The Kier molecular flexibility index (Phi) is 14.3. The highest BCUT2D eigenvalue weighted by Gasteiger charge is 2.31. The number of nitrogens with one attached hydrogen (secondary N) is 4. The number of nitrogens with zero attached hydrogens (tertiary/aromatic N) is 3. The molecule has 3 aromatic carbocycles. The van der Waals surface area contributed by atoms with Crippen molar-refractivity contribution in [2.45, 2.75) is 77.3 Å². The van der Waals surface area contributed by atoms with Gasteiger partial charge in [-0.15, -0.1) is 0 Å². The number of fused-ring (bicyclic) bond motifs is 1. The molecule has 13 nitrogen and oxygen atoms in total. The summed E-state index contributed by atoms with van der Waals surface area (Å²) in [6.45, 7) is 4.06. The lowest BCUT2D eigenvalue weighted by atomic mass is 9.98. The average molecular weight is 734 g/mol. The molecule has 1 unspecified atom stereocenters. The van der Waals surface area contributed by atoms with Gasteiger partial charge in [0.2, 0.25) is 11.8 Å². The number of aliphatic hydroxyl groups is 1. The smallest absolute Gasteiger partial charge is 0.408 e. The zero-order valence-electron chi connectivity index (χ0n) is 30.5. The van der Waals surface area contributed by atoms with E-state index in [0.717, 1.165) is 33.3 Å². The highest BCUT2D eigenvalue weighted by Crippen LogP contribution is 2.20. The summed E-state index contributed by atoms with van der Waals surface area (Å²) >= 11 is 0. The van der Waals surface area contributed by atoms with Crippen LogP contribution in [0.5, 0.6) is 0 Å². The van der Waals surface area contributed by atoms with Gasteiger partial charge in [-0.25, -0.2) is 14.8 Å². The van der Waals surface area contributed by atoms with Crippen LogP contribution in [0.25, 0.3) is 10.8 Å². The quantitative estimate of drug-likeness (QED) is 0.0849. The van der Waals surface area contributed by atoms with Crippen molar-refractivity contribution in [3.63, 3.8) is 0 Å². The van der Waals surface area contributed by atoms with Gasteiger partial charge in [0.25, 0.3) is 5.91 Å². The zero-order chi connectivity index (χ0) is 38.3. The van der Waals surface area contributed by atoms with E-state index < -0.39 is 42.0 Å². The second kappa shape index (κ2) is 19.7. The van der Waals surface area contributed by atoms with E-state index in [2.05, 4.69) is 31.0 Å². The van der Waals surface area contributed by atoms with Crippen LogP contribution in [-0.4, -0.2) is 67.1 Å². The topological polar surface area (TPSA) is 179 Å². The van der Waals surface area contributed by atoms with Crippen molar-refractivity contribution >= 4 is 34.6 Å². The Hall–Kier alpha value is -6.08. The number of rotatable bonds is 17. The number of aromatic nitrogens is 3. The van der Waals surface area contributed by atoms with E-state index in [1.165, 1.54) is 12.5 Å². The summed E-state index contributed by atoms with van der Waals surface area (Å²) in [6.07, 6.45) is 5.46. The normalized spacial score (nSPS) is 12.7. The number of aliphatic hydroxyl groups excluding tert-OH is 1. The first-order valence-corrected chi connectivity index (χ1v) is 18.0. The Morgan fingerprint density at radius 2 is 1.52 bits per heavy atom. The van der Waals surface area contributed by atoms with Gasteiger partial charge < -0.3 is 25.5 Å². The van der Waals surface area contributed by atoms with Gasteiger partial charge in [0, 0.05) is 37.1 Å². The maximum Gasteiger partial charge on any atom is 0.408 e. The van der Waals surface area contributed by atoms with Gasteiger partial charge in [-0.3, -0.25) is 24.8 Å². The number of hydrazine groups is 1. The van der Waals surface area contributed by atoms with Crippen molar-refractivity contribution in [2.24, 2.45) is 5.92 Å². The molecule has 5 rings (SSSR count). The highest BCUT2D eigenvalue weighted by molar-refractivity contribution is 5.93. The summed E-state index contributed by atoms with van der Waals surface area (Å²) in [5.41, 5.74) is 5.52. The first-order chi connectivity index (χ1) is 26.1. The Morgan fingerprint density at radius 3 is 2.26 bits per heavy atom. The summed E-state index contributed by atoms with van der Waals surface area (Å²) < 4.78 is 5.48. The van der Waals surface area contributed by atoms with E-state index in [9.17, 15) is 24.3 Å². The third-order valence-corrected chi connectivity index (χ3v) is 8.86. The fourth-order valence-corrected chi connectivity index (χ4v) is 5.92. The summed E-state index contributed by atoms with van der Waals surface area (Å²) in [7, 11) is 0. The number of H-pyrrole nitrogens is 1. The molecule has 0 radical (unpaired) electrons. The van der Waals surface area contributed by atoms with Crippen LogP contribution in [0.15, 0.2) is 110 Å². The Labute approximate surface area is 314 Å². The number of aromatic amines is 1. The Bertz CT molecular complexity index is 1950. The molecule has 2 aromatic heterocycles. The van der Waals surface area contributed by atoms with Gasteiger partial charge in [0.15, 0.2) is 0 Å². The summed E-state index contributed by atoms with van der Waals surface area (Å²) in [6, 6.07) is 23.7. The van der Waals surface area contributed by atoms with Gasteiger partial charge in [0.05, 0.1) is 25.4 Å². The number of carbonyl (C=O) groups is 4. The Morgan fingerprint density at radius 1 is 0.796 bits per heavy atom. The first-order valence-electron chi connectivity index (χ1n) is 18.0. The van der Waals surface area contributed by atoms with Crippen molar-refractivity contribution < 1.29 is 29.0 Å². The summed E-state index contributed by atoms with van der Waals surface area (Å²) in [4.78, 5) is 66.1. The van der Waals surface area contributed by atoms with Crippen molar-refractivity contribution in [1.82, 2.24) is 36.0 Å². The lowest BCUT2D eigenvalue weighted by molar-refractivity contribution is -0.145. The third-order valence-electron chi connectivity index (χ3n) is 8.86. The van der Waals surface area contributed by atoms with E-state index >= 15 is 0 Å². The number of hydrogen-bond acceptors (Lipinski definition) is 8. The molecule has 0 fully saturated rings. The molecular formula is C41H47N7O6. The van der Waals surface area contributed by atoms with Gasteiger partial charge in [-0.05, 0) is 58.4 Å². The van der Waals surface area contributed by atoms with Crippen LogP contribution in [0.4, 0.5) is 4.79 Å². The molecule has 0 saturated heterocycles. The number of alkyl carbamates (subject to hydrolysis) is 1. The number of benzene rings is 3. The standard InChI is InChI=1S/C41H47N7O6/c1-28(2)15-16-34(49)23-38(50)48(25-29-17-19-42-20-18-29)47-40(52)37(22-33-24-43-27-44-33)45-39(51)36(46-41(53)54-26-30-9-4-3-5-10-30)21-32-13-8-12-31-11-6-7-14-35(31)32/h3-14,17-20,24,27-28,34,36-37,49H,15-16,21-23,25-26H2,1-2H3,(H,43,44)(H,45,51)(H,46,53)(H,47,52)/t34-,36+,37?/m0/s1. The molecular weight excluding hydrogens is 686 g/mol. The minimum Gasteiger partial charge on any atom is -0.445 e. The van der Waals surface area contributed by atoms with Gasteiger partial charge in [-0.2, -0.15) is 0 Å².